The predicted molar refractivity (Wildman–Crippen MR) is 143 cm³/mol. The summed E-state index contributed by atoms with van der Waals surface area (Å²) >= 11 is 5.24. The number of ether oxygens (including phenoxy) is 3. The second-order valence-electron chi connectivity index (χ2n) is 7.77. The molecule has 0 unspecified atom stereocenters. The minimum atomic E-state index is -3.78. The lowest BCUT2D eigenvalue weighted by Gasteiger charge is -2.15. The van der Waals surface area contributed by atoms with Gasteiger partial charge in [0, 0.05) is 11.3 Å². The van der Waals surface area contributed by atoms with Gasteiger partial charge in [-0.15, -0.1) is 0 Å². The van der Waals surface area contributed by atoms with Gasteiger partial charge in [0.15, 0.2) is 16.6 Å². The molecule has 0 saturated heterocycles. The van der Waals surface area contributed by atoms with Crippen LogP contribution in [0.15, 0.2) is 59.5 Å². The van der Waals surface area contributed by atoms with Crippen molar-refractivity contribution in [3.63, 3.8) is 0 Å². The maximum atomic E-state index is 12.8. The van der Waals surface area contributed by atoms with Crippen LogP contribution in [0.5, 0.6) is 17.2 Å². The first kappa shape index (κ1) is 26.8. The third kappa shape index (κ3) is 6.23. The molecular weight excluding hydrogens is 502 g/mol. The first-order valence-corrected chi connectivity index (χ1v) is 12.6. The van der Waals surface area contributed by atoms with E-state index in [0.717, 1.165) is 11.1 Å². The fourth-order valence-corrected chi connectivity index (χ4v) is 4.74. The maximum Gasteiger partial charge on any atom is 0.261 e. The summed E-state index contributed by atoms with van der Waals surface area (Å²) in [5.41, 5.74) is 3.12. The van der Waals surface area contributed by atoms with Crippen LogP contribution in [0.25, 0.3) is 0 Å². The van der Waals surface area contributed by atoms with Gasteiger partial charge in [-0.2, -0.15) is 0 Å². The monoisotopic (exact) mass is 529 g/mol. The zero-order chi connectivity index (χ0) is 26.5. The van der Waals surface area contributed by atoms with Crippen LogP contribution in [0.1, 0.15) is 21.5 Å². The molecule has 11 heteroatoms. The minimum absolute atomic E-state index is 0.0257. The van der Waals surface area contributed by atoms with Crippen LogP contribution in [0.4, 0.5) is 11.4 Å². The van der Waals surface area contributed by atoms with Gasteiger partial charge in [0.1, 0.15) is 0 Å². The molecule has 3 N–H and O–H groups in total. The lowest BCUT2D eigenvalue weighted by Crippen LogP contribution is -2.34. The summed E-state index contributed by atoms with van der Waals surface area (Å²) in [6.07, 6.45) is 0. The zero-order valence-corrected chi connectivity index (χ0v) is 22.1. The van der Waals surface area contributed by atoms with E-state index in [1.54, 1.807) is 18.2 Å². The van der Waals surface area contributed by atoms with Gasteiger partial charge in [-0.1, -0.05) is 17.7 Å². The highest BCUT2D eigenvalue weighted by atomic mass is 32.2. The third-order valence-corrected chi connectivity index (χ3v) is 6.79. The van der Waals surface area contributed by atoms with Crippen molar-refractivity contribution in [1.29, 1.82) is 0 Å². The number of hydrogen-bond donors (Lipinski definition) is 3. The summed E-state index contributed by atoms with van der Waals surface area (Å²) in [7, 11) is 0.587. The Morgan fingerprint density at radius 3 is 2.00 bits per heavy atom. The summed E-state index contributed by atoms with van der Waals surface area (Å²) in [6.45, 7) is 3.78. The Morgan fingerprint density at radius 1 is 0.861 bits per heavy atom. The molecule has 0 fully saturated rings. The number of hydrogen-bond acceptors (Lipinski definition) is 7. The van der Waals surface area contributed by atoms with Gasteiger partial charge in [0.25, 0.3) is 15.9 Å². The van der Waals surface area contributed by atoms with Crippen molar-refractivity contribution in [2.45, 2.75) is 18.7 Å². The van der Waals surface area contributed by atoms with Gasteiger partial charge >= 0.3 is 0 Å². The van der Waals surface area contributed by atoms with Crippen LogP contribution in [-0.2, 0) is 10.0 Å². The predicted octanol–water partition coefficient (Wildman–Crippen LogP) is 4.26. The first-order chi connectivity index (χ1) is 17.1. The summed E-state index contributed by atoms with van der Waals surface area (Å²) in [5.74, 6) is 0.516. The first-order valence-electron chi connectivity index (χ1n) is 10.7. The SMILES string of the molecule is COc1cc(C(=O)NC(=S)Nc2ccc(S(=O)(=O)Nc3ccc(C)cc3C)cc2)cc(OC)c1OC. The van der Waals surface area contributed by atoms with Crippen LogP contribution in [0.3, 0.4) is 0 Å². The Labute approximate surface area is 215 Å². The molecule has 1 amide bonds. The topological polar surface area (TPSA) is 115 Å². The van der Waals surface area contributed by atoms with Crippen LogP contribution >= 0.6 is 12.2 Å². The molecule has 0 spiro atoms. The average Bonchev–Trinajstić information content (AvgIpc) is 2.84. The van der Waals surface area contributed by atoms with Gasteiger partial charge in [-0.3, -0.25) is 14.8 Å². The number of benzene rings is 3. The van der Waals surface area contributed by atoms with Crippen molar-refractivity contribution in [2.75, 3.05) is 31.4 Å². The van der Waals surface area contributed by atoms with Crippen LogP contribution in [-0.4, -0.2) is 40.8 Å². The number of carbonyl (C=O) groups is 1. The molecule has 3 aromatic rings. The molecule has 0 aliphatic rings. The van der Waals surface area contributed by atoms with E-state index in [4.69, 9.17) is 26.4 Å². The van der Waals surface area contributed by atoms with E-state index < -0.39 is 15.9 Å². The van der Waals surface area contributed by atoms with Gasteiger partial charge in [0.2, 0.25) is 5.75 Å². The molecule has 190 valence electrons. The van der Waals surface area contributed by atoms with Gasteiger partial charge in [-0.05, 0) is 74.1 Å². The largest absolute Gasteiger partial charge is 0.493 e. The maximum absolute atomic E-state index is 12.8. The van der Waals surface area contributed by atoms with Crippen LogP contribution in [0, 0.1) is 13.8 Å². The van der Waals surface area contributed by atoms with Crippen molar-refractivity contribution in [2.24, 2.45) is 0 Å². The van der Waals surface area contributed by atoms with Crippen molar-refractivity contribution in [3.05, 3.63) is 71.3 Å². The van der Waals surface area contributed by atoms with E-state index in [1.807, 2.05) is 26.0 Å². The highest BCUT2D eigenvalue weighted by Gasteiger charge is 2.18. The fourth-order valence-electron chi connectivity index (χ4n) is 3.40. The molecule has 0 aliphatic carbocycles. The van der Waals surface area contributed by atoms with Crippen LogP contribution < -0.4 is 29.6 Å². The van der Waals surface area contributed by atoms with Crippen molar-refractivity contribution >= 4 is 44.6 Å². The smallest absolute Gasteiger partial charge is 0.261 e. The molecule has 0 aliphatic heterocycles. The molecule has 3 aromatic carbocycles. The summed E-state index contributed by atoms with van der Waals surface area (Å²) < 4.78 is 44.0. The Hall–Kier alpha value is -3.83. The number of thiocarbonyl (C=S) groups is 1. The highest BCUT2D eigenvalue weighted by molar-refractivity contribution is 7.92. The molecular formula is C25H27N3O6S2. The number of rotatable bonds is 8. The lowest BCUT2D eigenvalue weighted by atomic mass is 10.1. The van der Waals surface area contributed by atoms with E-state index in [2.05, 4.69) is 15.4 Å². The van der Waals surface area contributed by atoms with Crippen molar-refractivity contribution in [3.8, 4) is 17.2 Å². The standard InChI is InChI=1S/C25H27N3O6S2/c1-15-6-11-20(16(2)12-15)28-36(30,31)19-9-7-18(8-10-19)26-25(35)27-24(29)17-13-21(32-3)23(34-5)22(14-17)33-4/h6-14,28H,1-5H3,(H2,26,27,29,35). The molecule has 36 heavy (non-hydrogen) atoms. The Kier molecular flexibility index (Phi) is 8.38. The number of anilines is 2. The Balaban J connectivity index is 1.68. The average molecular weight is 530 g/mol. The minimum Gasteiger partial charge on any atom is -0.493 e. The molecule has 0 saturated carbocycles. The van der Waals surface area contributed by atoms with E-state index in [0.29, 0.717) is 28.6 Å². The Morgan fingerprint density at radius 2 is 1.47 bits per heavy atom. The van der Waals surface area contributed by atoms with Crippen LogP contribution in [0.2, 0.25) is 0 Å². The van der Waals surface area contributed by atoms with Crippen molar-refractivity contribution in [1.82, 2.24) is 5.32 Å². The normalized spacial score (nSPS) is 10.8. The summed E-state index contributed by atoms with van der Waals surface area (Å²) in [5, 5.41) is 5.46. The molecule has 0 bridgehead atoms. The molecule has 0 atom stereocenters. The van der Waals surface area contributed by atoms with E-state index >= 15 is 0 Å². The molecule has 0 aromatic heterocycles. The number of carbonyl (C=O) groups excluding carboxylic acids is 1. The van der Waals surface area contributed by atoms with Gasteiger partial charge in [-0.25, -0.2) is 8.42 Å². The van der Waals surface area contributed by atoms with Gasteiger partial charge in [0.05, 0.1) is 31.9 Å². The quantitative estimate of drug-likeness (QED) is 0.371. The van der Waals surface area contributed by atoms with E-state index in [1.165, 1.54) is 45.6 Å². The lowest BCUT2D eigenvalue weighted by molar-refractivity contribution is 0.0977. The number of aryl methyl sites for hydroxylation is 2. The summed E-state index contributed by atoms with van der Waals surface area (Å²) in [4.78, 5) is 12.8. The molecule has 0 heterocycles. The third-order valence-electron chi connectivity index (χ3n) is 5.20. The number of sulfonamides is 1. The fraction of sp³-hybridized carbons (Fsp3) is 0.200. The number of amides is 1. The number of methoxy groups -OCH3 is 3. The van der Waals surface area contributed by atoms with E-state index in [9.17, 15) is 13.2 Å². The second-order valence-corrected chi connectivity index (χ2v) is 9.86. The van der Waals surface area contributed by atoms with Gasteiger partial charge < -0.3 is 19.5 Å². The zero-order valence-electron chi connectivity index (χ0n) is 20.5. The molecule has 0 radical (unpaired) electrons. The Bertz CT molecular complexity index is 1360. The van der Waals surface area contributed by atoms with Crippen molar-refractivity contribution < 1.29 is 27.4 Å². The highest BCUT2D eigenvalue weighted by Crippen LogP contribution is 2.38. The van der Waals surface area contributed by atoms with E-state index in [-0.39, 0.29) is 15.6 Å². The molecule has 9 nitrogen and oxygen atoms in total. The number of nitrogens with one attached hydrogen (secondary N) is 3. The molecule has 3 rings (SSSR count). The second kappa shape index (κ2) is 11.3. The summed E-state index contributed by atoms with van der Waals surface area (Å²) in [6, 6.07) is 14.5.